The molecule has 1 aliphatic rings. The second kappa shape index (κ2) is 10.8. The highest BCUT2D eigenvalue weighted by atomic mass is 19.1. The number of aryl methyl sites for hydroxylation is 1. The Hall–Kier alpha value is -5.49. The summed E-state index contributed by atoms with van der Waals surface area (Å²) in [5, 5.41) is 14.0. The minimum atomic E-state index is -0.736. The molecule has 0 saturated carbocycles. The third-order valence-electron chi connectivity index (χ3n) is 8.56. The van der Waals surface area contributed by atoms with Crippen molar-refractivity contribution in [2.45, 2.75) is 19.9 Å². The summed E-state index contributed by atoms with van der Waals surface area (Å²) in [5.41, 5.74) is 3.46. The number of ether oxygens (including phenoxy) is 1. The maximum absolute atomic E-state index is 15.0. The van der Waals surface area contributed by atoms with Gasteiger partial charge in [0.05, 0.1) is 35.4 Å². The summed E-state index contributed by atoms with van der Waals surface area (Å²) in [4.78, 5) is 25.5. The summed E-state index contributed by atoms with van der Waals surface area (Å²) in [5.74, 6) is -0.364. The number of H-pyrrole nitrogens is 1. The fourth-order valence-electron chi connectivity index (χ4n) is 6.29. The van der Waals surface area contributed by atoms with Crippen LogP contribution in [0.2, 0.25) is 0 Å². The van der Waals surface area contributed by atoms with Gasteiger partial charge in [0.2, 0.25) is 5.43 Å². The number of nitrogens with one attached hydrogen (secondary N) is 1. The molecule has 5 heterocycles. The van der Waals surface area contributed by atoms with Gasteiger partial charge in [-0.15, -0.1) is 0 Å². The van der Waals surface area contributed by atoms with Gasteiger partial charge < -0.3 is 14.1 Å². The molecule has 1 atom stereocenters. The number of hydrogen-bond acceptors (Lipinski definition) is 8. The van der Waals surface area contributed by atoms with Gasteiger partial charge in [0, 0.05) is 24.0 Å². The van der Waals surface area contributed by atoms with Gasteiger partial charge in [-0.25, -0.2) is 23.4 Å². The molecule has 7 aromatic rings. The molecule has 1 fully saturated rings. The van der Waals surface area contributed by atoms with Crippen molar-refractivity contribution < 1.29 is 17.9 Å². The zero-order chi connectivity index (χ0) is 31.5. The molecular weight excluding hydrogens is 592 g/mol. The van der Waals surface area contributed by atoms with Gasteiger partial charge >= 0.3 is 0 Å². The Balaban J connectivity index is 1.40. The molecule has 46 heavy (non-hydrogen) atoms. The van der Waals surface area contributed by atoms with Crippen molar-refractivity contribution in [2.75, 3.05) is 31.2 Å². The minimum absolute atomic E-state index is 0.0478. The van der Waals surface area contributed by atoms with E-state index in [-0.39, 0.29) is 27.9 Å². The van der Waals surface area contributed by atoms with E-state index in [1.54, 1.807) is 10.7 Å². The molecule has 3 aromatic carbocycles. The number of benzene rings is 3. The maximum Gasteiger partial charge on any atom is 0.203 e. The van der Waals surface area contributed by atoms with Crippen LogP contribution in [0.15, 0.2) is 76.2 Å². The molecule has 0 aliphatic carbocycles. The van der Waals surface area contributed by atoms with E-state index in [1.807, 2.05) is 32.0 Å². The smallest absolute Gasteiger partial charge is 0.203 e. The summed E-state index contributed by atoms with van der Waals surface area (Å²) in [6.45, 7) is 6.15. The fourth-order valence-corrected chi connectivity index (χ4v) is 6.29. The molecule has 4 aromatic heterocycles. The number of halogens is 2. The average molecular weight is 620 g/mol. The van der Waals surface area contributed by atoms with Gasteiger partial charge in [-0.2, -0.15) is 10.2 Å². The Labute approximate surface area is 260 Å². The van der Waals surface area contributed by atoms with Gasteiger partial charge in [-0.3, -0.25) is 9.89 Å². The number of anilines is 1. The number of aromatic amines is 1. The highest BCUT2D eigenvalue weighted by molar-refractivity contribution is 6.01. The quantitative estimate of drug-likeness (QED) is 0.243. The first-order valence-electron chi connectivity index (χ1n) is 14.9. The molecular formula is C34H27F2N7O3. The molecule has 10 nitrogen and oxygen atoms in total. The summed E-state index contributed by atoms with van der Waals surface area (Å²) in [6, 6.07) is 15.1. The van der Waals surface area contributed by atoms with E-state index in [1.165, 1.54) is 42.7 Å². The van der Waals surface area contributed by atoms with Crippen molar-refractivity contribution in [1.29, 1.82) is 0 Å². The second-order valence-electron chi connectivity index (χ2n) is 11.3. The zero-order valence-corrected chi connectivity index (χ0v) is 24.9. The van der Waals surface area contributed by atoms with Crippen LogP contribution in [0.5, 0.6) is 0 Å². The Morgan fingerprint density at radius 2 is 1.78 bits per heavy atom. The number of morpholine rings is 1. The lowest BCUT2D eigenvalue weighted by Gasteiger charge is -2.28. The zero-order valence-electron chi connectivity index (χ0n) is 24.9. The first-order chi connectivity index (χ1) is 22.4. The predicted octanol–water partition coefficient (Wildman–Crippen LogP) is 6.18. The van der Waals surface area contributed by atoms with Crippen LogP contribution in [-0.4, -0.2) is 56.2 Å². The van der Waals surface area contributed by atoms with Crippen LogP contribution in [0, 0.1) is 18.6 Å². The SMILES string of the molecule is Cc1n[nH]c2cc(-c3nn(C(C)c4oc5cccc(F)c5c(=O)c4-c4cccc(F)c4)c4ncnc(N5CCOCC5)c34)ccc12. The topological polar surface area (TPSA) is 115 Å². The number of aromatic nitrogens is 6. The Morgan fingerprint density at radius 1 is 0.957 bits per heavy atom. The molecule has 0 amide bonds. The standard InChI is InChI=1S/C34H27F2N7O3/c1-18-23-10-9-21(16-25(23)40-39-18)30-29-33(42-11-13-45-14-12-42)37-17-38-34(29)43(41-30)19(2)32-27(20-5-3-6-22(35)15-20)31(44)28-24(36)7-4-8-26(28)46-32/h3-10,15-17,19H,11-14H2,1-2H3,(H,39,40). The summed E-state index contributed by atoms with van der Waals surface area (Å²) in [7, 11) is 0. The van der Waals surface area contributed by atoms with Crippen molar-refractivity contribution in [3.05, 3.63) is 100 Å². The normalized spacial score (nSPS) is 14.5. The van der Waals surface area contributed by atoms with Crippen LogP contribution >= 0.6 is 0 Å². The van der Waals surface area contributed by atoms with Gasteiger partial charge in [0.15, 0.2) is 5.65 Å². The van der Waals surface area contributed by atoms with E-state index < -0.39 is 23.1 Å². The van der Waals surface area contributed by atoms with E-state index in [2.05, 4.69) is 20.1 Å². The lowest BCUT2D eigenvalue weighted by Crippen LogP contribution is -2.36. The molecule has 1 unspecified atom stereocenters. The number of rotatable bonds is 5. The maximum atomic E-state index is 15.0. The number of nitrogens with zero attached hydrogens (tertiary/aromatic N) is 6. The van der Waals surface area contributed by atoms with Crippen molar-refractivity contribution in [3.63, 3.8) is 0 Å². The average Bonchev–Trinajstić information content (AvgIpc) is 3.65. The Bertz CT molecular complexity index is 2360. The van der Waals surface area contributed by atoms with Crippen molar-refractivity contribution >= 4 is 38.7 Å². The second-order valence-corrected chi connectivity index (χ2v) is 11.3. The summed E-state index contributed by atoms with van der Waals surface area (Å²) >= 11 is 0. The highest BCUT2D eigenvalue weighted by Gasteiger charge is 2.29. The molecule has 1 saturated heterocycles. The van der Waals surface area contributed by atoms with Crippen LogP contribution in [0.4, 0.5) is 14.6 Å². The van der Waals surface area contributed by atoms with Crippen LogP contribution in [0.25, 0.3) is 55.3 Å². The summed E-state index contributed by atoms with van der Waals surface area (Å²) in [6.07, 6.45) is 1.49. The van der Waals surface area contributed by atoms with Gasteiger partial charge in [-0.1, -0.05) is 30.3 Å². The van der Waals surface area contributed by atoms with Gasteiger partial charge in [-0.05, 0) is 49.7 Å². The van der Waals surface area contributed by atoms with Crippen molar-refractivity contribution in [1.82, 2.24) is 29.9 Å². The van der Waals surface area contributed by atoms with Gasteiger partial charge in [0.25, 0.3) is 0 Å². The van der Waals surface area contributed by atoms with E-state index in [0.717, 1.165) is 22.2 Å². The minimum Gasteiger partial charge on any atom is -0.458 e. The van der Waals surface area contributed by atoms with Crippen LogP contribution < -0.4 is 10.3 Å². The predicted molar refractivity (Wildman–Crippen MR) is 170 cm³/mol. The van der Waals surface area contributed by atoms with E-state index in [9.17, 15) is 9.18 Å². The number of fused-ring (bicyclic) bond motifs is 3. The van der Waals surface area contributed by atoms with E-state index >= 15 is 4.39 Å². The van der Waals surface area contributed by atoms with Crippen molar-refractivity contribution in [3.8, 4) is 22.4 Å². The van der Waals surface area contributed by atoms with Crippen LogP contribution in [0.1, 0.15) is 24.4 Å². The largest absolute Gasteiger partial charge is 0.458 e. The van der Waals surface area contributed by atoms with Crippen LogP contribution in [-0.2, 0) is 4.74 Å². The van der Waals surface area contributed by atoms with Crippen LogP contribution in [0.3, 0.4) is 0 Å². The molecule has 8 rings (SSSR count). The Morgan fingerprint density at radius 3 is 2.61 bits per heavy atom. The third kappa shape index (κ3) is 4.44. The molecule has 0 bridgehead atoms. The summed E-state index contributed by atoms with van der Waals surface area (Å²) < 4.78 is 43.1. The van der Waals surface area contributed by atoms with Crippen molar-refractivity contribution in [2.24, 2.45) is 0 Å². The first-order valence-corrected chi connectivity index (χ1v) is 14.9. The fraction of sp³-hybridized carbons (Fsp3) is 0.206. The lowest BCUT2D eigenvalue weighted by molar-refractivity contribution is 0.122. The highest BCUT2D eigenvalue weighted by Crippen LogP contribution is 2.39. The molecule has 0 radical (unpaired) electrons. The van der Waals surface area contributed by atoms with E-state index in [4.69, 9.17) is 19.2 Å². The Kier molecular flexibility index (Phi) is 6.60. The molecule has 12 heteroatoms. The molecule has 1 aliphatic heterocycles. The van der Waals surface area contributed by atoms with Gasteiger partial charge in [0.1, 0.15) is 52.2 Å². The molecule has 230 valence electrons. The lowest BCUT2D eigenvalue weighted by atomic mass is 9.99. The molecule has 0 spiro atoms. The third-order valence-corrected chi connectivity index (χ3v) is 8.56. The first kappa shape index (κ1) is 28.0. The monoisotopic (exact) mass is 619 g/mol. The number of hydrogen-bond donors (Lipinski definition) is 1. The molecule has 1 N–H and O–H groups in total. The van der Waals surface area contributed by atoms with E-state index in [0.29, 0.717) is 48.8 Å².